The molecule has 11 heteroatoms. The molecule has 3 aromatic carbocycles. The summed E-state index contributed by atoms with van der Waals surface area (Å²) in [6.07, 6.45) is -1.46. The highest BCUT2D eigenvalue weighted by Gasteiger charge is 2.33. The first-order valence-corrected chi connectivity index (χ1v) is 11.2. The summed E-state index contributed by atoms with van der Waals surface area (Å²) < 4.78 is 34.9. The summed E-state index contributed by atoms with van der Waals surface area (Å²) in [5.41, 5.74) is -0.533. The van der Waals surface area contributed by atoms with Crippen LogP contribution in [0.3, 0.4) is 0 Å². The molecular formula is C26H22F2N4O5. The molecule has 0 aromatic heterocycles. The molecule has 3 N–H and O–H groups in total. The van der Waals surface area contributed by atoms with Crippen molar-refractivity contribution in [2.24, 2.45) is 0 Å². The quantitative estimate of drug-likeness (QED) is 0.447. The molecule has 1 aliphatic heterocycles. The lowest BCUT2D eigenvalue weighted by molar-refractivity contribution is -0.119. The molecule has 190 valence electrons. The second-order valence-electron chi connectivity index (χ2n) is 8.18. The summed E-state index contributed by atoms with van der Waals surface area (Å²) in [6, 6.07) is 15.4. The normalized spacial score (nSPS) is 14.6. The maximum absolute atomic E-state index is 14.9. The van der Waals surface area contributed by atoms with Gasteiger partial charge in [0.15, 0.2) is 11.6 Å². The van der Waals surface area contributed by atoms with Crippen LogP contribution in [0.5, 0.6) is 0 Å². The molecule has 0 unspecified atom stereocenters. The van der Waals surface area contributed by atoms with Crippen LogP contribution in [0, 0.1) is 11.6 Å². The number of carbonyl (C=O) groups excluding carboxylic acids is 3. The summed E-state index contributed by atoms with van der Waals surface area (Å²) in [5.74, 6) is -2.75. The van der Waals surface area contributed by atoms with Gasteiger partial charge in [-0.25, -0.2) is 13.6 Å². The van der Waals surface area contributed by atoms with Gasteiger partial charge >= 0.3 is 6.09 Å². The molecular weight excluding hydrogens is 486 g/mol. The molecule has 3 amide bonds. The molecule has 0 radical (unpaired) electrons. The monoisotopic (exact) mass is 508 g/mol. The minimum absolute atomic E-state index is 0.00302. The lowest BCUT2D eigenvalue weighted by Crippen LogP contribution is -2.33. The number of cyclic esters (lactones) is 1. The van der Waals surface area contributed by atoms with Crippen LogP contribution in [0.1, 0.15) is 17.3 Å². The third kappa shape index (κ3) is 6.07. The van der Waals surface area contributed by atoms with Gasteiger partial charge in [0.2, 0.25) is 11.3 Å². The van der Waals surface area contributed by atoms with Crippen LogP contribution in [0.4, 0.5) is 36.3 Å². The molecule has 9 nitrogen and oxygen atoms in total. The summed E-state index contributed by atoms with van der Waals surface area (Å²) in [6.45, 7) is 1.39. The molecule has 0 spiro atoms. The van der Waals surface area contributed by atoms with Gasteiger partial charge in [0.25, 0.3) is 5.91 Å². The van der Waals surface area contributed by atoms with Gasteiger partial charge in [-0.1, -0.05) is 18.2 Å². The molecule has 1 atom stereocenters. The van der Waals surface area contributed by atoms with Gasteiger partial charge in [-0.15, -0.1) is 0 Å². The third-order valence-electron chi connectivity index (χ3n) is 5.45. The first-order valence-electron chi connectivity index (χ1n) is 11.2. The number of benzene rings is 2. The summed E-state index contributed by atoms with van der Waals surface area (Å²) in [5, 5.41) is 7.63. The predicted octanol–water partition coefficient (Wildman–Crippen LogP) is 3.78. The molecule has 1 aliphatic rings. The zero-order valence-electron chi connectivity index (χ0n) is 19.6. The maximum Gasteiger partial charge on any atom is 0.414 e. The van der Waals surface area contributed by atoms with Crippen LogP contribution in [-0.4, -0.2) is 37.1 Å². The van der Waals surface area contributed by atoms with Gasteiger partial charge in [0.1, 0.15) is 11.8 Å². The zero-order valence-corrected chi connectivity index (χ0v) is 19.6. The maximum atomic E-state index is 14.9. The van der Waals surface area contributed by atoms with Crippen LogP contribution in [0.15, 0.2) is 71.5 Å². The fraction of sp³-hybridized carbons (Fsp3) is 0.154. The van der Waals surface area contributed by atoms with Crippen molar-refractivity contribution < 1.29 is 27.9 Å². The van der Waals surface area contributed by atoms with Gasteiger partial charge < -0.3 is 20.7 Å². The Balaban J connectivity index is 1.50. The highest BCUT2D eigenvalue weighted by molar-refractivity contribution is 6.04. The number of rotatable bonds is 7. The standard InChI is InChI=1S/C26H22F2N4O5/c1-15(33)29-13-19-14-32(26(36)37-19)18-11-20(27)24(21(28)12-18)30-17-7-9-22(23(34)10-8-17)31-25(35)16-5-3-2-4-6-16/h2-12,19,30H,13-14H2,1H3,(H,29,33)(H,31,34,35)/t19-/m0/s1. The van der Waals surface area contributed by atoms with Crippen LogP contribution in [-0.2, 0) is 9.53 Å². The highest BCUT2D eigenvalue weighted by Crippen LogP contribution is 2.30. The van der Waals surface area contributed by atoms with Gasteiger partial charge in [-0.2, -0.15) is 0 Å². The van der Waals surface area contributed by atoms with E-state index >= 15 is 0 Å². The molecule has 0 bridgehead atoms. The molecule has 0 saturated carbocycles. The number of ether oxygens (including phenoxy) is 1. The van der Waals surface area contributed by atoms with E-state index in [9.17, 15) is 28.0 Å². The fourth-order valence-electron chi connectivity index (χ4n) is 3.61. The minimum atomic E-state index is -0.987. The van der Waals surface area contributed by atoms with E-state index in [0.29, 0.717) is 5.56 Å². The van der Waals surface area contributed by atoms with Crippen molar-refractivity contribution in [2.45, 2.75) is 13.0 Å². The van der Waals surface area contributed by atoms with E-state index in [1.165, 1.54) is 25.1 Å². The van der Waals surface area contributed by atoms with Gasteiger partial charge in [-0.05, 0) is 36.4 Å². The lowest BCUT2D eigenvalue weighted by atomic mass is 10.2. The molecule has 3 aromatic rings. The average molecular weight is 508 g/mol. The number of nitrogens with one attached hydrogen (secondary N) is 3. The predicted molar refractivity (Wildman–Crippen MR) is 133 cm³/mol. The van der Waals surface area contributed by atoms with E-state index in [-0.39, 0.29) is 36.1 Å². The molecule has 1 fully saturated rings. The van der Waals surface area contributed by atoms with Crippen molar-refractivity contribution >= 4 is 40.7 Å². The summed E-state index contributed by atoms with van der Waals surface area (Å²) in [7, 11) is 0. The smallest absolute Gasteiger partial charge is 0.414 e. The first-order chi connectivity index (χ1) is 17.7. The van der Waals surface area contributed by atoms with E-state index in [2.05, 4.69) is 16.0 Å². The minimum Gasteiger partial charge on any atom is -0.442 e. The third-order valence-corrected chi connectivity index (χ3v) is 5.45. The van der Waals surface area contributed by atoms with Crippen molar-refractivity contribution in [1.29, 1.82) is 0 Å². The Morgan fingerprint density at radius 1 is 1.00 bits per heavy atom. The Kier molecular flexibility index (Phi) is 7.42. The van der Waals surface area contributed by atoms with Crippen LogP contribution < -0.4 is 26.3 Å². The largest absolute Gasteiger partial charge is 0.442 e. The van der Waals surface area contributed by atoms with E-state index < -0.39 is 40.9 Å². The van der Waals surface area contributed by atoms with Crippen molar-refractivity contribution in [2.75, 3.05) is 28.6 Å². The second kappa shape index (κ2) is 10.9. The fourth-order valence-corrected chi connectivity index (χ4v) is 3.61. The molecule has 1 heterocycles. The second-order valence-corrected chi connectivity index (χ2v) is 8.18. The van der Waals surface area contributed by atoms with Crippen LogP contribution >= 0.6 is 0 Å². The average Bonchev–Trinajstić information content (AvgIpc) is 3.16. The SMILES string of the molecule is CC(=O)NC[C@H]1CN(c2cc(F)c(Nc3ccc(NC(=O)c4ccccc4)c(=O)cc3)c(F)c2)C(=O)O1. The van der Waals surface area contributed by atoms with Crippen LogP contribution in [0.25, 0.3) is 0 Å². The zero-order chi connectivity index (χ0) is 26.5. The number of halogens is 2. The number of anilines is 4. The summed E-state index contributed by atoms with van der Waals surface area (Å²) in [4.78, 5) is 49.1. The van der Waals surface area contributed by atoms with E-state index in [1.54, 1.807) is 30.3 Å². The highest BCUT2D eigenvalue weighted by atomic mass is 19.1. The Morgan fingerprint density at radius 3 is 2.35 bits per heavy atom. The Labute approximate surface area is 210 Å². The van der Waals surface area contributed by atoms with Crippen molar-refractivity contribution in [3.05, 3.63) is 94.2 Å². The topological polar surface area (TPSA) is 117 Å². The number of hydrogen-bond donors (Lipinski definition) is 3. The number of amides is 3. The number of hydrogen-bond acceptors (Lipinski definition) is 6. The van der Waals surface area contributed by atoms with Crippen molar-refractivity contribution in [3.8, 4) is 0 Å². The van der Waals surface area contributed by atoms with Crippen molar-refractivity contribution in [1.82, 2.24) is 5.32 Å². The van der Waals surface area contributed by atoms with Crippen molar-refractivity contribution in [3.63, 3.8) is 0 Å². The van der Waals surface area contributed by atoms with Gasteiger partial charge in [-0.3, -0.25) is 19.3 Å². The van der Waals surface area contributed by atoms with E-state index in [0.717, 1.165) is 23.1 Å². The molecule has 4 rings (SSSR count). The first kappa shape index (κ1) is 25.3. The van der Waals surface area contributed by atoms with E-state index in [1.807, 2.05) is 0 Å². The Hall–Kier alpha value is -4.80. The summed E-state index contributed by atoms with van der Waals surface area (Å²) >= 11 is 0. The Bertz CT molecular complexity index is 1390. The van der Waals surface area contributed by atoms with Gasteiger partial charge in [0.05, 0.1) is 24.5 Å². The number of nitrogens with zero attached hydrogens (tertiary/aromatic N) is 1. The molecule has 37 heavy (non-hydrogen) atoms. The van der Waals surface area contributed by atoms with Gasteiger partial charge in [0, 0.05) is 30.3 Å². The molecule has 0 aliphatic carbocycles. The van der Waals surface area contributed by atoms with E-state index in [4.69, 9.17) is 4.74 Å². The Morgan fingerprint density at radius 2 is 1.68 bits per heavy atom. The van der Waals surface area contributed by atoms with Crippen LogP contribution in [0.2, 0.25) is 0 Å². The number of carbonyl (C=O) groups is 3. The molecule has 1 saturated heterocycles. The lowest BCUT2D eigenvalue weighted by Gasteiger charge is -2.16.